The first-order valence-electron chi connectivity index (χ1n) is 7.75. The van der Waals surface area contributed by atoms with Gasteiger partial charge in [0.15, 0.2) is 22.4 Å². The summed E-state index contributed by atoms with van der Waals surface area (Å²) in [6, 6.07) is 4.59. The second-order valence-corrected chi connectivity index (χ2v) is 7.45. The van der Waals surface area contributed by atoms with Gasteiger partial charge < -0.3 is 4.74 Å². The zero-order chi connectivity index (χ0) is 18.8. The molecular weight excluding hydrogens is 423 g/mol. The van der Waals surface area contributed by atoms with Crippen LogP contribution in [0.15, 0.2) is 28.1 Å². The number of anilines is 1. The van der Waals surface area contributed by atoms with E-state index >= 15 is 0 Å². The van der Waals surface area contributed by atoms with E-state index in [9.17, 15) is 9.18 Å². The summed E-state index contributed by atoms with van der Waals surface area (Å²) in [7, 11) is 1.41. The van der Waals surface area contributed by atoms with E-state index < -0.39 is 5.82 Å². The van der Waals surface area contributed by atoms with Crippen molar-refractivity contribution in [1.29, 1.82) is 0 Å². The smallest absolute Gasteiger partial charge is 0.279 e. The summed E-state index contributed by atoms with van der Waals surface area (Å²) in [6.07, 6.45) is 0. The van der Waals surface area contributed by atoms with Gasteiger partial charge in [0.05, 0.1) is 23.0 Å². The van der Waals surface area contributed by atoms with Gasteiger partial charge in [-0.15, -0.1) is 11.3 Å². The van der Waals surface area contributed by atoms with E-state index in [0.717, 1.165) is 5.69 Å². The van der Waals surface area contributed by atoms with Crippen molar-refractivity contribution in [3.8, 4) is 17.0 Å². The number of aromatic amines is 1. The zero-order valence-corrected chi connectivity index (χ0v) is 16.7. The van der Waals surface area contributed by atoms with E-state index in [1.165, 1.54) is 30.6 Å². The summed E-state index contributed by atoms with van der Waals surface area (Å²) < 4.78 is 19.4. The third-order valence-corrected chi connectivity index (χ3v) is 5.26. The van der Waals surface area contributed by atoms with Gasteiger partial charge in [-0.05, 0) is 40.0 Å². The third-order valence-electron chi connectivity index (χ3n) is 3.70. The van der Waals surface area contributed by atoms with Gasteiger partial charge in [0.2, 0.25) is 0 Å². The largest absolute Gasteiger partial charge is 0.494 e. The Morgan fingerprint density at radius 1 is 1.42 bits per heavy atom. The number of carbonyl (C=O) groups excluding carboxylic acids is 1. The van der Waals surface area contributed by atoms with Crippen molar-refractivity contribution in [2.75, 3.05) is 12.4 Å². The number of carbonyl (C=O) groups is 1. The van der Waals surface area contributed by atoms with Crippen molar-refractivity contribution in [1.82, 2.24) is 15.2 Å². The molecule has 0 saturated carbocycles. The van der Waals surface area contributed by atoms with Crippen LogP contribution in [0.5, 0.6) is 5.75 Å². The number of hydrogen-bond donors (Lipinski definition) is 2. The van der Waals surface area contributed by atoms with E-state index in [1.807, 2.05) is 13.8 Å². The quantitative estimate of drug-likeness (QED) is 0.598. The zero-order valence-electron chi connectivity index (χ0n) is 14.3. The van der Waals surface area contributed by atoms with Crippen LogP contribution in [0.2, 0.25) is 0 Å². The second kappa shape index (κ2) is 7.55. The summed E-state index contributed by atoms with van der Waals surface area (Å²) in [5.74, 6) is -0.469. The molecule has 6 nitrogen and oxygen atoms in total. The summed E-state index contributed by atoms with van der Waals surface area (Å²) in [5.41, 5.74) is 2.28. The van der Waals surface area contributed by atoms with E-state index in [4.69, 9.17) is 4.74 Å². The fourth-order valence-electron chi connectivity index (χ4n) is 2.32. The summed E-state index contributed by atoms with van der Waals surface area (Å²) in [5, 5.41) is 11.8. The molecule has 0 fully saturated rings. The average Bonchev–Trinajstić information content (AvgIpc) is 3.21. The van der Waals surface area contributed by atoms with Crippen molar-refractivity contribution >= 4 is 38.3 Å². The molecule has 0 aliphatic heterocycles. The molecule has 2 N–H and O–H groups in total. The maximum atomic E-state index is 13.9. The standard InChI is InChI=1S/C17H16BrFN4O2S/c1-8(2)14-13(18)15(23-22-14)16(24)21-17-20-11(7-26-17)9-4-5-12(25-3)10(19)6-9/h4-8H,1-3H3,(H,22,23)(H,20,21,24). The number of nitrogens with zero attached hydrogens (tertiary/aromatic N) is 2. The highest BCUT2D eigenvalue weighted by Gasteiger charge is 2.20. The Hall–Kier alpha value is -2.26. The number of thiazole rings is 1. The third kappa shape index (κ3) is 3.63. The van der Waals surface area contributed by atoms with E-state index in [0.29, 0.717) is 20.9 Å². The van der Waals surface area contributed by atoms with Gasteiger partial charge in [0, 0.05) is 10.9 Å². The monoisotopic (exact) mass is 438 g/mol. The Morgan fingerprint density at radius 3 is 2.81 bits per heavy atom. The number of amides is 1. The van der Waals surface area contributed by atoms with Crippen molar-refractivity contribution in [3.63, 3.8) is 0 Å². The Bertz CT molecular complexity index is 954. The number of halogens is 2. The fraction of sp³-hybridized carbons (Fsp3) is 0.235. The van der Waals surface area contributed by atoms with Crippen LogP contribution in [0.4, 0.5) is 9.52 Å². The minimum Gasteiger partial charge on any atom is -0.494 e. The fourth-order valence-corrected chi connectivity index (χ4v) is 3.85. The first-order chi connectivity index (χ1) is 12.4. The van der Waals surface area contributed by atoms with Crippen LogP contribution in [0, 0.1) is 5.82 Å². The minimum absolute atomic E-state index is 0.168. The predicted molar refractivity (Wildman–Crippen MR) is 102 cm³/mol. The molecule has 0 atom stereocenters. The lowest BCUT2D eigenvalue weighted by molar-refractivity contribution is 0.102. The van der Waals surface area contributed by atoms with E-state index in [1.54, 1.807) is 11.4 Å². The lowest BCUT2D eigenvalue weighted by Gasteiger charge is -2.03. The van der Waals surface area contributed by atoms with Gasteiger partial charge >= 0.3 is 0 Å². The summed E-state index contributed by atoms with van der Waals surface area (Å²) in [6.45, 7) is 4.00. The van der Waals surface area contributed by atoms with Gasteiger partial charge in [0.1, 0.15) is 0 Å². The van der Waals surface area contributed by atoms with Gasteiger partial charge in [0.25, 0.3) is 5.91 Å². The Labute approximate surface area is 161 Å². The van der Waals surface area contributed by atoms with Crippen molar-refractivity contribution < 1.29 is 13.9 Å². The molecule has 1 aromatic carbocycles. The van der Waals surface area contributed by atoms with Crippen molar-refractivity contribution in [3.05, 3.63) is 45.3 Å². The normalized spacial score (nSPS) is 11.0. The van der Waals surface area contributed by atoms with Crippen LogP contribution in [0.1, 0.15) is 35.9 Å². The van der Waals surface area contributed by atoms with E-state index in [-0.39, 0.29) is 23.3 Å². The van der Waals surface area contributed by atoms with Gasteiger partial charge in [-0.2, -0.15) is 5.10 Å². The molecule has 0 aliphatic carbocycles. The molecule has 3 rings (SSSR count). The van der Waals surface area contributed by atoms with Crippen molar-refractivity contribution in [2.45, 2.75) is 19.8 Å². The molecule has 26 heavy (non-hydrogen) atoms. The van der Waals surface area contributed by atoms with Crippen LogP contribution in [0.3, 0.4) is 0 Å². The molecule has 9 heteroatoms. The topological polar surface area (TPSA) is 79.9 Å². The molecule has 0 aliphatic rings. The van der Waals surface area contributed by atoms with Crippen LogP contribution < -0.4 is 10.1 Å². The average molecular weight is 439 g/mol. The first kappa shape index (κ1) is 18.5. The highest BCUT2D eigenvalue weighted by atomic mass is 79.9. The molecule has 0 saturated heterocycles. The molecule has 3 aromatic rings. The molecule has 2 aromatic heterocycles. The highest BCUT2D eigenvalue weighted by molar-refractivity contribution is 9.10. The van der Waals surface area contributed by atoms with Crippen LogP contribution in [-0.4, -0.2) is 28.2 Å². The number of rotatable bonds is 5. The SMILES string of the molecule is COc1ccc(-c2csc(NC(=O)c3n[nH]c(C(C)C)c3Br)n2)cc1F. The number of hydrogen-bond acceptors (Lipinski definition) is 5. The Kier molecular flexibility index (Phi) is 5.38. The predicted octanol–water partition coefficient (Wildman–Crippen LogP) is 4.82. The molecule has 0 unspecified atom stereocenters. The molecular formula is C17H16BrFN4O2S. The summed E-state index contributed by atoms with van der Waals surface area (Å²) in [4.78, 5) is 16.8. The molecule has 0 radical (unpaired) electrons. The number of nitrogens with one attached hydrogen (secondary N) is 2. The van der Waals surface area contributed by atoms with Gasteiger partial charge in [-0.3, -0.25) is 15.2 Å². The van der Waals surface area contributed by atoms with Gasteiger partial charge in [-0.25, -0.2) is 9.37 Å². The number of benzene rings is 1. The molecule has 0 spiro atoms. The maximum Gasteiger partial charge on any atom is 0.279 e. The first-order valence-corrected chi connectivity index (χ1v) is 9.42. The molecule has 136 valence electrons. The Balaban J connectivity index is 1.78. The number of H-pyrrole nitrogens is 1. The van der Waals surface area contributed by atoms with E-state index in [2.05, 4.69) is 36.4 Å². The second-order valence-electron chi connectivity index (χ2n) is 5.80. The van der Waals surface area contributed by atoms with Crippen LogP contribution >= 0.6 is 27.3 Å². The lowest BCUT2D eigenvalue weighted by Crippen LogP contribution is -2.13. The highest BCUT2D eigenvalue weighted by Crippen LogP contribution is 2.30. The Morgan fingerprint density at radius 2 is 2.19 bits per heavy atom. The number of methoxy groups -OCH3 is 1. The lowest BCUT2D eigenvalue weighted by atomic mass is 10.1. The maximum absolute atomic E-state index is 13.9. The van der Waals surface area contributed by atoms with Gasteiger partial charge in [-0.1, -0.05) is 13.8 Å². The summed E-state index contributed by atoms with van der Waals surface area (Å²) >= 11 is 4.66. The molecule has 0 bridgehead atoms. The van der Waals surface area contributed by atoms with Crippen LogP contribution in [0.25, 0.3) is 11.3 Å². The number of ether oxygens (including phenoxy) is 1. The minimum atomic E-state index is -0.467. The molecule has 1 amide bonds. The van der Waals surface area contributed by atoms with Crippen molar-refractivity contribution in [2.24, 2.45) is 0 Å². The molecule has 2 heterocycles. The van der Waals surface area contributed by atoms with Crippen LogP contribution in [-0.2, 0) is 0 Å². The number of aromatic nitrogens is 3.